The summed E-state index contributed by atoms with van der Waals surface area (Å²) in [5.74, 6) is 0.00375. The number of carbonyl (C=O) groups excluding carboxylic acids is 2. The van der Waals surface area contributed by atoms with Gasteiger partial charge in [0.1, 0.15) is 17.7 Å². The van der Waals surface area contributed by atoms with E-state index in [-0.39, 0.29) is 23.8 Å². The number of ether oxygens (including phenoxy) is 1. The molecule has 4 rings (SSSR count). The summed E-state index contributed by atoms with van der Waals surface area (Å²) in [6.07, 6.45) is 3.95. The molecule has 0 radical (unpaired) electrons. The molecule has 0 aromatic heterocycles. The predicted octanol–water partition coefficient (Wildman–Crippen LogP) is 4.79. The lowest BCUT2D eigenvalue weighted by atomic mass is 9.90. The molecule has 2 amide bonds. The van der Waals surface area contributed by atoms with Crippen molar-refractivity contribution < 1.29 is 18.7 Å². The molecule has 2 aliphatic heterocycles. The van der Waals surface area contributed by atoms with Gasteiger partial charge in [-0.3, -0.25) is 9.59 Å². The fourth-order valence-electron chi connectivity index (χ4n) is 4.54. The molecule has 5 nitrogen and oxygen atoms in total. The number of likely N-dealkylation sites (tertiary alicyclic amines) is 2. The van der Waals surface area contributed by atoms with Crippen molar-refractivity contribution in [3.05, 3.63) is 64.9 Å². The standard InChI is InChI=1S/C25H28ClFN2O3/c26-20-7-9-22(10-8-20)32-23-11-14-29(25(31)18-5-4-6-21(27)15-18)17-19(23)16-24(30)28-12-2-1-3-13-28/h4-10,15,19,23H,1-3,11-14,16-17H2/t19-,23-/m0/s1. The van der Waals surface area contributed by atoms with E-state index in [9.17, 15) is 14.0 Å². The summed E-state index contributed by atoms with van der Waals surface area (Å²) in [5.41, 5.74) is 0.322. The molecule has 0 spiro atoms. The Morgan fingerprint density at radius 3 is 2.47 bits per heavy atom. The molecule has 2 aromatic rings. The van der Waals surface area contributed by atoms with Gasteiger partial charge in [0.25, 0.3) is 5.91 Å². The van der Waals surface area contributed by atoms with Crippen LogP contribution in [0, 0.1) is 11.7 Å². The molecular formula is C25H28ClFN2O3. The molecule has 2 saturated heterocycles. The molecule has 0 bridgehead atoms. The van der Waals surface area contributed by atoms with Crippen LogP contribution in [0.4, 0.5) is 4.39 Å². The first-order valence-corrected chi connectivity index (χ1v) is 11.6. The molecule has 2 aromatic carbocycles. The van der Waals surface area contributed by atoms with Crippen molar-refractivity contribution in [1.29, 1.82) is 0 Å². The SMILES string of the molecule is O=C(C[C@H]1CN(C(=O)c2cccc(F)c2)CC[C@@H]1Oc1ccc(Cl)cc1)N1CCCCC1. The van der Waals surface area contributed by atoms with Gasteiger partial charge < -0.3 is 14.5 Å². The number of hydrogen-bond donors (Lipinski definition) is 0. The third-order valence-electron chi connectivity index (χ3n) is 6.27. The van der Waals surface area contributed by atoms with Gasteiger partial charge in [0, 0.05) is 55.5 Å². The van der Waals surface area contributed by atoms with Crippen LogP contribution < -0.4 is 4.74 Å². The second kappa shape index (κ2) is 10.3. The smallest absolute Gasteiger partial charge is 0.253 e. The van der Waals surface area contributed by atoms with Crippen LogP contribution in [0.15, 0.2) is 48.5 Å². The highest BCUT2D eigenvalue weighted by atomic mass is 35.5. The molecule has 0 unspecified atom stereocenters. The number of piperidine rings is 2. The average molecular weight is 459 g/mol. The molecule has 7 heteroatoms. The van der Waals surface area contributed by atoms with Crippen LogP contribution in [-0.4, -0.2) is 53.9 Å². The van der Waals surface area contributed by atoms with Crippen molar-refractivity contribution in [2.24, 2.45) is 5.92 Å². The molecule has 2 heterocycles. The van der Waals surface area contributed by atoms with Crippen LogP contribution in [-0.2, 0) is 4.79 Å². The summed E-state index contributed by atoms with van der Waals surface area (Å²) in [4.78, 5) is 29.6. The normalized spacial score (nSPS) is 21.3. The molecule has 2 atom stereocenters. The topological polar surface area (TPSA) is 49.9 Å². The first-order chi connectivity index (χ1) is 15.5. The zero-order chi connectivity index (χ0) is 22.5. The first kappa shape index (κ1) is 22.6. The van der Waals surface area contributed by atoms with E-state index < -0.39 is 5.82 Å². The van der Waals surface area contributed by atoms with Gasteiger partial charge >= 0.3 is 0 Å². The Labute approximate surface area is 193 Å². The van der Waals surface area contributed by atoms with Crippen molar-refractivity contribution >= 4 is 23.4 Å². The van der Waals surface area contributed by atoms with Crippen LogP contribution in [0.25, 0.3) is 0 Å². The van der Waals surface area contributed by atoms with Gasteiger partial charge in [-0.2, -0.15) is 0 Å². The highest BCUT2D eigenvalue weighted by molar-refractivity contribution is 6.30. The lowest BCUT2D eigenvalue weighted by Gasteiger charge is -2.39. The van der Waals surface area contributed by atoms with Crippen LogP contribution in [0.2, 0.25) is 5.02 Å². The summed E-state index contributed by atoms with van der Waals surface area (Å²) in [7, 11) is 0. The van der Waals surface area contributed by atoms with E-state index in [4.69, 9.17) is 16.3 Å². The molecule has 2 fully saturated rings. The predicted molar refractivity (Wildman–Crippen MR) is 121 cm³/mol. The van der Waals surface area contributed by atoms with Crippen molar-refractivity contribution in [1.82, 2.24) is 9.80 Å². The molecule has 0 saturated carbocycles. The number of rotatable bonds is 5. The summed E-state index contributed by atoms with van der Waals surface area (Å²) in [6, 6.07) is 12.9. The lowest BCUT2D eigenvalue weighted by Crippen LogP contribution is -2.50. The van der Waals surface area contributed by atoms with Crippen molar-refractivity contribution in [2.45, 2.75) is 38.2 Å². The van der Waals surface area contributed by atoms with Gasteiger partial charge in [0.05, 0.1) is 0 Å². The van der Waals surface area contributed by atoms with Crippen LogP contribution >= 0.6 is 11.6 Å². The molecule has 0 aliphatic carbocycles. The Balaban J connectivity index is 1.49. The van der Waals surface area contributed by atoms with Crippen molar-refractivity contribution in [2.75, 3.05) is 26.2 Å². The third kappa shape index (κ3) is 5.60. The summed E-state index contributed by atoms with van der Waals surface area (Å²) in [6.45, 7) is 2.47. The highest BCUT2D eigenvalue weighted by Gasteiger charge is 2.35. The summed E-state index contributed by atoms with van der Waals surface area (Å²) < 4.78 is 19.9. The monoisotopic (exact) mass is 458 g/mol. The van der Waals surface area contributed by atoms with Gasteiger partial charge in [0.2, 0.25) is 5.91 Å². The fraction of sp³-hybridized carbons (Fsp3) is 0.440. The van der Waals surface area contributed by atoms with Gasteiger partial charge in [0.15, 0.2) is 0 Å². The third-order valence-corrected chi connectivity index (χ3v) is 6.52. The van der Waals surface area contributed by atoms with E-state index in [0.717, 1.165) is 32.4 Å². The molecule has 32 heavy (non-hydrogen) atoms. The van der Waals surface area contributed by atoms with Crippen LogP contribution in [0.5, 0.6) is 5.75 Å². The Kier molecular flexibility index (Phi) is 7.30. The van der Waals surface area contributed by atoms with Gasteiger partial charge in [-0.15, -0.1) is 0 Å². The van der Waals surface area contributed by atoms with Gasteiger partial charge in [-0.05, 0) is 61.7 Å². The largest absolute Gasteiger partial charge is 0.490 e. The van der Waals surface area contributed by atoms with E-state index in [1.165, 1.54) is 18.2 Å². The number of halogens is 2. The Hall–Kier alpha value is -2.60. The molecule has 0 N–H and O–H groups in total. The Morgan fingerprint density at radius 1 is 1.00 bits per heavy atom. The second-order valence-electron chi connectivity index (χ2n) is 8.57. The minimum atomic E-state index is -0.436. The minimum Gasteiger partial charge on any atom is -0.490 e. The first-order valence-electron chi connectivity index (χ1n) is 11.2. The maximum Gasteiger partial charge on any atom is 0.253 e. The average Bonchev–Trinajstić information content (AvgIpc) is 2.81. The number of benzene rings is 2. The van der Waals surface area contributed by atoms with Gasteiger partial charge in [-0.25, -0.2) is 4.39 Å². The summed E-state index contributed by atoms with van der Waals surface area (Å²) >= 11 is 5.98. The quantitative estimate of drug-likeness (QED) is 0.647. The van der Waals surface area contributed by atoms with E-state index in [1.54, 1.807) is 23.1 Å². The van der Waals surface area contributed by atoms with Crippen LogP contribution in [0.1, 0.15) is 42.5 Å². The highest BCUT2D eigenvalue weighted by Crippen LogP contribution is 2.28. The molecular weight excluding hydrogens is 431 g/mol. The molecule has 170 valence electrons. The zero-order valence-electron chi connectivity index (χ0n) is 18.0. The molecule has 2 aliphatic rings. The van der Waals surface area contributed by atoms with E-state index in [2.05, 4.69) is 0 Å². The number of hydrogen-bond acceptors (Lipinski definition) is 3. The van der Waals surface area contributed by atoms with Crippen molar-refractivity contribution in [3.8, 4) is 5.75 Å². The number of amides is 2. The zero-order valence-corrected chi connectivity index (χ0v) is 18.8. The van der Waals surface area contributed by atoms with E-state index >= 15 is 0 Å². The maximum atomic E-state index is 13.6. The van der Waals surface area contributed by atoms with Crippen molar-refractivity contribution in [3.63, 3.8) is 0 Å². The van der Waals surface area contributed by atoms with Crippen LogP contribution in [0.3, 0.4) is 0 Å². The Bertz CT molecular complexity index is 946. The van der Waals surface area contributed by atoms with E-state index in [0.29, 0.717) is 42.3 Å². The second-order valence-corrected chi connectivity index (χ2v) is 9.00. The summed E-state index contributed by atoms with van der Waals surface area (Å²) in [5, 5.41) is 0.629. The Morgan fingerprint density at radius 2 is 1.75 bits per heavy atom. The lowest BCUT2D eigenvalue weighted by molar-refractivity contribution is -0.134. The number of carbonyl (C=O) groups is 2. The minimum absolute atomic E-state index is 0.111. The number of nitrogens with zero attached hydrogens (tertiary/aromatic N) is 2. The fourth-order valence-corrected chi connectivity index (χ4v) is 4.66. The maximum absolute atomic E-state index is 13.6. The van der Waals surface area contributed by atoms with E-state index in [1.807, 2.05) is 17.0 Å². The van der Waals surface area contributed by atoms with Gasteiger partial charge in [-0.1, -0.05) is 17.7 Å².